The molecular formula is C19H21NO6S2. The van der Waals surface area contributed by atoms with Crippen LogP contribution in [0.4, 0.5) is 0 Å². The Morgan fingerprint density at radius 2 is 1.89 bits per heavy atom. The molecule has 0 N–H and O–H groups in total. The van der Waals surface area contributed by atoms with Gasteiger partial charge in [-0.3, -0.25) is 4.79 Å². The van der Waals surface area contributed by atoms with Crippen molar-refractivity contribution in [1.82, 2.24) is 4.31 Å². The summed E-state index contributed by atoms with van der Waals surface area (Å²) in [4.78, 5) is 24.7. The molecule has 0 spiro atoms. The van der Waals surface area contributed by atoms with Crippen LogP contribution in [0.25, 0.3) is 0 Å². The van der Waals surface area contributed by atoms with E-state index in [0.29, 0.717) is 4.88 Å². The average molecular weight is 424 g/mol. The van der Waals surface area contributed by atoms with Crippen LogP contribution < -0.4 is 0 Å². The average Bonchev–Trinajstić information content (AvgIpc) is 3.20. The summed E-state index contributed by atoms with van der Waals surface area (Å²) in [5.74, 6) is -1.05. The first-order valence-electron chi connectivity index (χ1n) is 8.77. The van der Waals surface area contributed by atoms with E-state index in [2.05, 4.69) is 0 Å². The fourth-order valence-electron chi connectivity index (χ4n) is 2.98. The van der Waals surface area contributed by atoms with Crippen molar-refractivity contribution >= 4 is 33.1 Å². The van der Waals surface area contributed by atoms with E-state index in [-0.39, 0.29) is 41.5 Å². The third-order valence-electron chi connectivity index (χ3n) is 4.22. The number of ketones is 1. The van der Waals surface area contributed by atoms with Gasteiger partial charge in [-0.25, -0.2) is 13.2 Å². The molecule has 0 aliphatic carbocycles. The zero-order chi connectivity index (χ0) is 20.3. The molecule has 1 aromatic heterocycles. The molecular weight excluding hydrogens is 402 g/mol. The lowest BCUT2D eigenvalue weighted by molar-refractivity contribution is -0.0440. The smallest absolute Gasteiger partial charge is 0.338 e. The Bertz CT molecular complexity index is 945. The van der Waals surface area contributed by atoms with E-state index in [1.807, 2.05) is 13.8 Å². The molecule has 150 valence electrons. The second kappa shape index (κ2) is 8.52. The molecule has 0 bridgehead atoms. The Kier molecular flexibility index (Phi) is 6.29. The largest absolute Gasteiger partial charge is 0.454 e. The Morgan fingerprint density at radius 3 is 2.54 bits per heavy atom. The van der Waals surface area contributed by atoms with Crippen molar-refractivity contribution in [3.8, 4) is 0 Å². The van der Waals surface area contributed by atoms with Crippen LogP contribution in [0, 0.1) is 0 Å². The zero-order valence-corrected chi connectivity index (χ0v) is 17.2. The van der Waals surface area contributed by atoms with Gasteiger partial charge in [0.05, 0.1) is 27.5 Å². The summed E-state index contributed by atoms with van der Waals surface area (Å²) in [7, 11) is -3.77. The molecule has 1 aliphatic rings. The Hall–Kier alpha value is -2.07. The van der Waals surface area contributed by atoms with Crippen LogP contribution in [0.15, 0.2) is 46.7 Å². The number of hydrogen-bond donors (Lipinski definition) is 0. The van der Waals surface area contributed by atoms with Crippen molar-refractivity contribution in [1.29, 1.82) is 0 Å². The molecule has 0 saturated carbocycles. The third kappa shape index (κ3) is 4.67. The topological polar surface area (TPSA) is 90.0 Å². The molecule has 1 aromatic carbocycles. The van der Waals surface area contributed by atoms with E-state index in [1.165, 1.54) is 39.9 Å². The summed E-state index contributed by atoms with van der Waals surface area (Å²) in [5.41, 5.74) is 0.0782. The molecule has 2 heterocycles. The minimum absolute atomic E-state index is 0.00725. The maximum absolute atomic E-state index is 12.9. The van der Waals surface area contributed by atoms with Gasteiger partial charge in [0.1, 0.15) is 0 Å². The van der Waals surface area contributed by atoms with Crippen LogP contribution in [0.2, 0.25) is 0 Å². The van der Waals surface area contributed by atoms with Crippen molar-refractivity contribution < 1.29 is 27.5 Å². The van der Waals surface area contributed by atoms with Crippen LogP contribution in [-0.4, -0.2) is 56.4 Å². The van der Waals surface area contributed by atoms with Gasteiger partial charge in [0.25, 0.3) is 0 Å². The van der Waals surface area contributed by atoms with Gasteiger partial charge in [-0.15, -0.1) is 11.3 Å². The minimum Gasteiger partial charge on any atom is -0.454 e. The second-order valence-electron chi connectivity index (χ2n) is 6.58. The predicted molar refractivity (Wildman–Crippen MR) is 104 cm³/mol. The van der Waals surface area contributed by atoms with Gasteiger partial charge in [-0.05, 0) is 43.5 Å². The number of sulfonamides is 1. The molecule has 9 heteroatoms. The van der Waals surface area contributed by atoms with Gasteiger partial charge in [0.15, 0.2) is 6.61 Å². The monoisotopic (exact) mass is 423 g/mol. The Labute approximate surface area is 167 Å². The second-order valence-corrected chi connectivity index (χ2v) is 9.47. The molecule has 28 heavy (non-hydrogen) atoms. The number of hydrogen-bond acceptors (Lipinski definition) is 7. The molecule has 1 saturated heterocycles. The van der Waals surface area contributed by atoms with Crippen molar-refractivity contribution in [3.63, 3.8) is 0 Å². The van der Waals surface area contributed by atoms with E-state index in [1.54, 1.807) is 17.5 Å². The molecule has 0 radical (unpaired) electrons. The molecule has 3 rings (SSSR count). The van der Waals surface area contributed by atoms with Gasteiger partial charge in [0.2, 0.25) is 15.8 Å². The van der Waals surface area contributed by atoms with E-state index >= 15 is 0 Å². The summed E-state index contributed by atoms with van der Waals surface area (Å²) in [6.45, 7) is 3.73. The molecule has 1 fully saturated rings. The molecule has 7 nitrogen and oxygen atoms in total. The van der Waals surface area contributed by atoms with Gasteiger partial charge in [0, 0.05) is 13.1 Å². The highest BCUT2D eigenvalue weighted by Gasteiger charge is 2.32. The quantitative estimate of drug-likeness (QED) is 0.524. The highest BCUT2D eigenvalue weighted by atomic mass is 32.2. The van der Waals surface area contributed by atoms with Crippen LogP contribution in [0.1, 0.15) is 33.9 Å². The lowest BCUT2D eigenvalue weighted by atomic mass is 10.2. The Morgan fingerprint density at radius 1 is 1.18 bits per heavy atom. The standard InChI is InChI=1S/C19H21NO6S2/c1-13-10-20(11-14(2)26-13)28(23,24)16-6-3-5-15(9-16)19(22)25-12-17(21)18-7-4-8-27-18/h3-9,13-14H,10-12H2,1-2H3/t13-,14-/m0/s1. The molecule has 2 aromatic rings. The van der Waals surface area contributed by atoms with Crippen LogP contribution in [0.5, 0.6) is 0 Å². The number of nitrogens with zero attached hydrogens (tertiary/aromatic N) is 1. The Balaban J connectivity index is 1.72. The van der Waals surface area contributed by atoms with Crippen molar-refractivity contribution in [2.24, 2.45) is 0 Å². The predicted octanol–water partition coefficient (Wildman–Crippen LogP) is 2.59. The summed E-state index contributed by atoms with van der Waals surface area (Å²) in [5, 5.41) is 1.76. The highest BCUT2D eigenvalue weighted by Crippen LogP contribution is 2.22. The summed E-state index contributed by atoms with van der Waals surface area (Å²) >= 11 is 1.26. The van der Waals surface area contributed by atoms with E-state index < -0.39 is 22.6 Å². The molecule has 0 amide bonds. The van der Waals surface area contributed by atoms with E-state index in [4.69, 9.17) is 9.47 Å². The maximum atomic E-state index is 12.9. The number of rotatable bonds is 6. The SMILES string of the molecule is C[C@H]1CN(S(=O)(=O)c2cccc(C(=O)OCC(=O)c3cccs3)c2)C[C@H](C)O1. The summed E-state index contributed by atoms with van der Waals surface area (Å²) in [6.07, 6.45) is -0.426. The fraction of sp³-hybridized carbons (Fsp3) is 0.368. The lowest BCUT2D eigenvalue weighted by Crippen LogP contribution is -2.48. The van der Waals surface area contributed by atoms with E-state index in [9.17, 15) is 18.0 Å². The maximum Gasteiger partial charge on any atom is 0.338 e. The molecule has 1 aliphatic heterocycles. The van der Waals surface area contributed by atoms with Crippen molar-refractivity contribution in [2.75, 3.05) is 19.7 Å². The van der Waals surface area contributed by atoms with Crippen LogP contribution >= 0.6 is 11.3 Å². The highest BCUT2D eigenvalue weighted by molar-refractivity contribution is 7.89. The number of benzene rings is 1. The molecule has 0 unspecified atom stereocenters. The normalized spacial score (nSPS) is 20.6. The van der Waals surface area contributed by atoms with Crippen LogP contribution in [0.3, 0.4) is 0 Å². The first-order chi connectivity index (χ1) is 13.3. The van der Waals surface area contributed by atoms with E-state index in [0.717, 1.165) is 0 Å². The summed E-state index contributed by atoms with van der Waals surface area (Å²) in [6, 6.07) is 9.05. The number of esters is 1. The zero-order valence-electron chi connectivity index (χ0n) is 15.5. The van der Waals surface area contributed by atoms with Gasteiger partial charge in [-0.1, -0.05) is 12.1 Å². The van der Waals surface area contributed by atoms with Crippen LogP contribution in [-0.2, 0) is 19.5 Å². The van der Waals surface area contributed by atoms with Gasteiger partial charge < -0.3 is 9.47 Å². The number of thiophene rings is 1. The number of carbonyl (C=O) groups is 2. The third-order valence-corrected chi connectivity index (χ3v) is 6.96. The number of morpholine rings is 1. The number of carbonyl (C=O) groups excluding carboxylic acids is 2. The van der Waals surface area contributed by atoms with Gasteiger partial charge in [-0.2, -0.15) is 4.31 Å². The number of ether oxygens (including phenoxy) is 2. The first-order valence-corrected chi connectivity index (χ1v) is 11.1. The van der Waals surface area contributed by atoms with Crippen molar-refractivity contribution in [2.45, 2.75) is 31.0 Å². The number of Topliss-reactive ketones (excluding diaryl/α,β-unsaturated/α-hetero) is 1. The lowest BCUT2D eigenvalue weighted by Gasteiger charge is -2.34. The van der Waals surface area contributed by atoms with Gasteiger partial charge >= 0.3 is 5.97 Å². The van der Waals surface area contributed by atoms with Crippen molar-refractivity contribution in [3.05, 3.63) is 52.2 Å². The first kappa shape index (κ1) is 20.7. The fourth-order valence-corrected chi connectivity index (χ4v) is 5.27. The minimum atomic E-state index is -3.77. The summed E-state index contributed by atoms with van der Waals surface area (Å²) < 4.78 is 37.9. The molecule has 2 atom stereocenters.